The summed E-state index contributed by atoms with van der Waals surface area (Å²) in [7, 11) is 6.15. The van der Waals surface area contributed by atoms with E-state index in [1.54, 1.807) is 0 Å². The van der Waals surface area contributed by atoms with Crippen LogP contribution in [0, 0.1) is 0 Å². The second-order valence-corrected chi connectivity index (χ2v) is 4.54. The van der Waals surface area contributed by atoms with Gasteiger partial charge in [-0.2, -0.15) is 0 Å². The van der Waals surface area contributed by atoms with Gasteiger partial charge in [0.05, 0.1) is 0 Å². The molecule has 1 heterocycles. The lowest BCUT2D eigenvalue weighted by Gasteiger charge is -2.21. The number of anilines is 2. The third-order valence-corrected chi connectivity index (χ3v) is 2.53. The van der Waals surface area contributed by atoms with Crippen LogP contribution >= 0.6 is 0 Å². The number of likely N-dealkylation sites (N-methyl/N-ethyl adjacent to an activating group) is 2. The molecular formula is C12H23N5. The number of hydrogen-bond donors (Lipinski definition) is 1. The quantitative estimate of drug-likeness (QED) is 0.800. The van der Waals surface area contributed by atoms with Crippen molar-refractivity contribution < 1.29 is 0 Å². The molecule has 0 atom stereocenters. The van der Waals surface area contributed by atoms with Crippen molar-refractivity contribution in [1.29, 1.82) is 0 Å². The SMILES string of the molecule is CCCc1nc(N)cc(N(C)CCN(C)C)n1. The first-order chi connectivity index (χ1) is 8.02. The Balaban J connectivity index is 2.74. The molecular weight excluding hydrogens is 214 g/mol. The van der Waals surface area contributed by atoms with E-state index in [1.807, 2.05) is 13.1 Å². The molecule has 17 heavy (non-hydrogen) atoms. The van der Waals surface area contributed by atoms with Crippen LogP contribution in [0.1, 0.15) is 19.2 Å². The van der Waals surface area contributed by atoms with Crippen LogP contribution in [0.15, 0.2) is 6.07 Å². The van der Waals surface area contributed by atoms with Crippen LogP contribution in [0.2, 0.25) is 0 Å². The van der Waals surface area contributed by atoms with E-state index >= 15 is 0 Å². The second kappa shape index (κ2) is 6.39. The Bertz CT molecular complexity index is 351. The molecule has 1 rings (SSSR count). The topological polar surface area (TPSA) is 58.3 Å². The predicted octanol–water partition coefficient (Wildman–Crippen LogP) is 1.01. The van der Waals surface area contributed by atoms with Crippen LogP contribution in [-0.2, 0) is 6.42 Å². The average Bonchev–Trinajstić information content (AvgIpc) is 2.25. The highest BCUT2D eigenvalue weighted by atomic mass is 15.2. The van der Waals surface area contributed by atoms with Gasteiger partial charge >= 0.3 is 0 Å². The molecule has 0 unspecified atom stereocenters. The second-order valence-electron chi connectivity index (χ2n) is 4.54. The fourth-order valence-corrected chi connectivity index (χ4v) is 1.50. The van der Waals surface area contributed by atoms with E-state index in [0.717, 1.165) is 37.6 Å². The van der Waals surface area contributed by atoms with Gasteiger partial charge in [0.2, 0.25) is 0 Å². The average molecular weight is 237 g/mol. The Morgan fingerprint density at radius 1 is 1.18 bits per heavy atom. The highest BCUT2D eigenvalue weighted by molar-refractivity contribution is 5.46. The van der Waals surface area contributed by atoms with E-state index < -0.39 is 0 Å². The van der Waals surface area contributed by atoms with E-state index in [0.29, 0.717) is 5.82 Å². The maximum Gasteiger partial charge on any atom is 0.134 e. The first-order valence-electron chi connectivity index (χ1n) is 6.02. The van der Waals surface area contributed by atoms with Crippen LogP contribution in [0.25, 0.3) is 0 Å². The highest BCUT2D eigenvalue weighted by Crippen LogP contribution is 2.13. The summed E-state index contributed by atoms with van der Waals surface area (Å²) in [6, 6.07) is 1.83. The zero-order valence-corrected chi connectivity index (χ0v) is 11.3. The molecule has 0 aromatic carbocycles. The number of hydrogen-bond acceptors (Lipinski definition) is 5. The Morgan fingerprint density at radius 3 is 2.47 bits per heavy atom. The molecule has 0 amide bonds. The minimum absolute atomic E-state index is 0.551. The van der Waals surface area contributed by atoms with Crippen molar-refractivity contribution >= 4 is 11.6 Å². The van der Waals surface area contributed by atoms with E-state index in [-0.39, 0.29) is 0 Å². The van der Waals surface area contributed by atoms with E-state index in [9.17, 15) is 0 Å². The molecule has 0 aliphatic rings. The molecule has 0 radical (unpaired) electrons. The Morgan fingerprint density at radius 2 is 1.88 bits per heavy atom. The monoisotopic (exact) mass is 237 g/mol. The van der Waals surface area contributed by atoms with Crippen molar-refractivity contribution in [2.45, 2.75) is 19.8 Å². The van der Waals surface area contributed by atoms with Gasteiger partial charge in [0, 0.05) is 32.6 Å². The predicted molar refractivity (Wildman–Crippen MR) is 72.3 cm³/mol. The molecule has 5 nitrogen and oxygen atoms in total. The number of nitrogens with zero attached hydrogens (tertiary/aromatic N) is 4. The first kappa shape index (κ1) is 13.7. The molecule has 0 aliphatic carbocycles. The zero-order chi connectivity index (χ0) is 12.8. The molecule has 0 bridgehead atoms. The maximum atomic E-state index is 5.80. The fraction of sp³-hybridized carbons (Fsp3) is 0.667. The molecule has 0 saturated carbocycles. The van der Waals surface area contributed by atoms with Crippen LogP contribution < -0.4 is 10.6 Å². The molecule has 2 N–H and O–H groups in total. The lowest BCUT2D eigenvalue weighted by atomic mass is 10.3. The molecule has 96 valence electrons. The van der Waals surface area contributed by atoms with Gasteiger partial charge in [-0.25, -0.2) is 9.97 Å². The summed E-state index contributed by atoms with van der Waals surface area (Å²) >= 11 is 0. The number of rotatable bonds is 6. The summed E-state index contributed by atoms with van der Waals surface area (Å²) in [6.45, 7) is 4.03. The molecule has 5 heteroatoms. The minimum Gasteiger partial charge on any atom is -0.384 e. The maximum absolute atomic E-state index is 5.80. The van der Waals surface area contributed by atoms with Gasteiger partial charge in [0.25, 0.3) is 0 Å². The minimum atomic E-state index is 0.551. The Kier molecular flexibility index (Phi) is 5.15. The molecule has 0 saturated heterocycles. The van der Waals surface area contributed by atoms with Gasteiger partial charge in [0.15, 0.2) is 0 Å². The summed E-state index contributed by atoms with van der Waals surface area (Å²) in [5.41, 5.74) is 5.80. The smallest absolute Gasteiger partial charge is 0.134 e. The van der Waals surface area contributed by atoms with Gasteiger partial charge in [-0.15, -0.1) is 0 Å². The van der Waals surface area contributed by atoms with E-state index in [2.05, 4.69) is 40.8 Å². The van der Waals surface area contributed by atoms with Crippen molar-refractivity contribution in [3.8, 4) is 0 Å². The summed E-state index contributed by atoms with van der Waals surface area (Å²) in [5, 5.41) is 0. The Hall–Kier alpha value is -1.36. The largest absolute Gasteiger partial charge is 0.384 e. The van der Waals surface area contributed by atoms with Gasteiger partial charge in [-0.05, 0) is 20.5 Å². The van der Waals surface area contributed by atoms with E-state index in [1.165, 1.54) is 0 Å². The fourth-order valence-electron chi connectivity index (χ4n) is 1.50. The first-order valence-corrected chi connectivity index (χ1v) is 6.02. The van der Waals surface area contributed by atoms with Gasteiger partial charge < -0.3 is 15.5 Å². The normalized spacial score (nSPS) is 10.9. The van der Waals surface area contributed by atoms with Crippen LogP contribution in [0.4, 0.5) is 11.6 Å². The number of nitrogen functional groups attached to an aromatic ring is 1. The summed E-state index contributed by atoms with van der Waals surface area (Å²) in [6.07, 6.45) is 1.91. The zero-order valence-electron chi connectivity index (χ0n) is 11.3. The van der Waals surface area contributed by atoms with Crippen molar-refractivity contribution in [2.75, 3.05) is 44.9 Å². The Labute approximate surface area is 104 Å². The molecule has 0 fully saturated rings. The van der Waals surface area contributed by atoms with Crippen LogP contribution in [0.3, 0.4) is 0 Å². The standard InChI is InChI=1S/C12H23N5/c1-5-6-11-14-10(13)9-12(15-11)17(4)8-7-16(2)3/h9H,5-8H2,1-4H3,(H2,13,14,15). The number of aromatic nitrogens is 2. The van der Waals surface area contributed by atoms with Gasteiger partial charge in [-0.1, -0.05) is 6.92 Å². The molecule has 0 aliphatic heterocycles. The number of aryl methyl sites for hydroxylation is 1. The molecule has 1 aromatic heterocycles. The van der Waals surface area contributed by atoms with Crippen molar-refractivity contribution in [1.82, 2.24) is 14.9 Å². The van der Waals surface area contributed by atoms with Crippen LogP contribution in [0.5, 0.6) is 0 Å². The summed E-state index contributed by atoms with van der Waals surface area (Å²) < 4.78 is 0. The van der Waals surface area contributed by atoms with Crippen LogP contribution in [-0.4, -0.2) is 49.1 Å². The van der Waals surface area contributed by atoms with Gasteiger partial charge in [0.1, 0.15) is 17.5 Å². The van der Waals surface area contributed by atoms with E-state index in [4.69, 9.17) is 5.73 Å². The lowest BCUT2D eigenvalue weighted by Crippen LogP contribution is -2.29. The van der Waals surface area contributed by atoms with Gasteiger partial charge in [-0.3, -0.25) is 0 Å². The molecule has 0 spiro atoms. The number of nitrogens with two attached hydrogens (primary N) is 1. The summed E-state index contributed by atoms with van der Waals surface area (Å²) in [4.78, 5) is 13.0. The highest BCUT2D eigenvalue weighted by Gasteiger charge is 2.07. The lowest BCUT2D eigenvalue weighted by molar-refractivity contribution is 0.416. The van der Waals surface area contributed by atoms with Crippen molar-refractivity contribution in [3.05, 3.63) is 11.9 Å². The third kappa shape index (κ3) is 4.56. The van der Waals surface area contributed by atoms with Crippen molar-refractivity contribution in [3.63, 3.8) is 0 Å². The third-order valence-electron chi connectivity index (χ3n) is 2.53. The summed E-state index contributed by atoms with van der Waals surface area (Å²) in [5.74, 6) is 2.29. The van der Waals surface area contributed by atoms with Crippen molar-refractivity contribution in [2.24, 2.45) is 0 Å². The molecule has 1 aromatic rings.